The smallest absolute Gasteiger partial charge is 0.355 e. The van der Waals surface area contributed by atoms with Gasteiger partial charge in [0.05, 0.1) is 11.1 Å². The molecular weight excluding hydrogens is 366 g/mol. The number of nitrogens with one attached hydrogen (secondary N) is 2. The van der Waals surface area contributed by atoms with Gasteiger partial charge in [0.1, 0.15) is 0 Å². The predicted molar refractivity (Wildman–Crippen MR) is 82.2 cm³/mol. The van der Waals surface area contributed by atoms with Gasteiger partial charge in [-0.1, -0.05) is 20.8 Å². The topological polar surface area (TPSA) is 58.2 Å². The fraction of sp³-hybridized carbons (Fsp3) is 0.500. The molecule has 0 aliphatic carbocycles. The zero-order valence-electron chi connectivity index (χ0n) is 14.2. The Hall–Kier alpha value is -2.26. The lowest BCUT2D eigenvalue weighted by Gasteiger charge is -2.17. The molecule has 0 bridgehead atoms. The second kappa shape index (κ2) is 7.55. The number of anilines is 1. The van der Waals surface area contributed by atoms with Crippen molar-refractivity contribution in [2.24, 2.45) is 5.41 Å². The molecule has 1 aromatic carbocycles. The number of benzene rings is 1. The summed E-state index contributed by atoms with van der Waals surface area (Å²) >= 11 is 0. The standard InChI is InChI=1S/C16H18F6N2O2/c1-14(2,3)13(26)23-5-4-12(25)24-11-7-9(15(17,18)19)6-10(8-11)16(20,21)22/h6-8H,4-5H2,1-3H3,(H,23,26)(H,24,25). The Labute approximate surface area is 145 Å². The summed E-state index contributed by atoms with van der Waals surface area (Å²) in [6.07, 6.45) is -10.3. The van der Waals surface area contributed by atoms with E-state index in [0.717, 1.165) is 0 Å². The summed E-state index contributed by atoms with van der Waals surface area (Å²) in [5, 5.41) is 4.44. The molecule has 0 aromatic heterocycles. The Morgan fingerprint density at radius 1 is 0.885 bits per heavy atom. The minimum absolute atomic E-state index is 0.0286. The van der Waals surface area contributed by atoms with Crippen molar-refractivity contribution in [1.29, 1.82) is 0 Å². The lowest BCUT2D eigenvalue weighted by molar-refractivity contribution is -0.143. The molecule has 0 spiro atoms. The normalized spacial score (nSPS) is 12.7. The van der Waals surface area contributed by atoms with E-state index < -0.39 is 40.5 Å². The van der Waals surface area contributed by atoms with Crippen molar-refractivity contribution in [1.82, 2.24) is 5.32 Å². The monoisotopic (exact) mass is 384 g/mol. The second-order valence-corrected chi connectivity index (χ2v) is 6.60. The summed E-state index contributed by atoms with van der Waals surface area (Å²) in [7, 11) is 0. The van der Waals surface area contributed by atoms with Crippen LogP contribution in [0, 0.1) is 5.41 Å². The van der Waals surface area contributed by atoms with Crippen molar-refractivity contribution in [3.05, 3.63) is 29.3 Å². The van der Waals surface area contributed by atoms with Crippen molar-refractivity contribution in [2.75, 3.05) is 11.9 Å². The molecule has 0 aliphatic rings. The van der Waals surface area contributed by atoms with Crippen LogP contribution in [0.5, 0.6) is 0 Å². The SMILES string of the molecule is CC(C)(C)C(=O)NCCC(=O)Nc1cc(C(F)(F)F)cc(C(F)(F)F)c1. The molecule has 0 fully saturated rings. The van der Waals surface area contributed by atoms with Crippen LogP contribution in [0.3, 0.4) is 0 Å². The molecule has 2 N–H and O–H groups in total. The Kier molecular flexibility index (Phi) is 6.32. The first kappa shape index (κ1) is 21.8. The van der Waals surface area contributed by atoms with Crippen LogP contribution in [0.1, 0.15) is 38.3 Å². The molecule has 0 heterocycles. The maximum atomic E-state index is 12.7. The molecule has 4 nitrogen and oxygen atoms in total. The van der Waals surface area contributed by atoms with Crippen molar-refractivity contribution >= 4 is 17.5 Å². The van der Waals surface area contributed by atoms with Gasteiger partial charge in [-0.3, -0.25) is 9.59 Å². The highest BCUT2D eigenvalue weighted by Gasteiger charge is 2.37. The van der Waals surface area contributed by atoms with Gasteiger partial charge in [0.15, 0.2) is 0 Å². The number of amides is 2. The third-order valence-electron chi connectivity index (χ3n) is 3.19. The van der Waals surface area contributed by atoms with Crippen LogP contribution >= 0.6 is 0 Å². The number of carbonyl (C=O) groups is 2. The minimum Gasteiger partial charge on any atom is -0.355 e. The van der Waals surface area contributed by atoms with Gasteiger partial charge in [0.2, 0.25) is 11.8 Å². The van der Waals surface area contributed by atoms with Crippen LogP contribution in [0.4, 0.5) is 32.0 Å². The van der Waals surface area contributed by atoms with Gasteiger partial charge in [0.25, 0.3) is 0 Å². The van der Waals surface area contributed by atoms with Gasteiger partial charge in [-0.05, 0) is 18.2 Å². The summed E-state index contributed by atoms with van der Waals surface area (Å²) in [5.74, 6) is -1.17. The van der Waals surface area contributed by atoms with Crippen LogP contribution in [0.15, 0.2) is 18.2 Å². The van der Waals surface area contributed by atoms with Gasteiger partial charge >= 0.3 is 12.4 Å². The van der Waals surface area contributed by atoms with Gasteiger partial charge in [-0.25, -0.2) is 0 Å². The van der Waals surface area contributed by atoms with Crippen molar-refractivity contribution in [3.63, 3.8) is 0 Å². The molecule has 0 unspecified atom stereocenters. The van der Waals surface area contributed by atoms with Crippen LogP contribution in [-0.2, 0) is 21.9 Å². The molecule has 0 atom stereocenters. The summed E-state index contributed by atoms with van der Waals surface area (Å²) in [5.41, 5.74) is -4.37. The number of rotatable bonds is 4. The zero-order valence-corrected chi connectivity index (χ0v) is 14.2. The maximum absolute atomic E-state index is 12.7. The van der Waals surface area contributed by atoms with E-state index in [-0.39, 0.29) is 24.9 Å². The van der Waals surface area contributed by atoms with E-state index in [1.54, 1.807) is 20.8 Å². The van der Waals surface area contributed by atoms with Crippen LogP contribution in [0.25, 0.3) is 0 Å². The molecule has 146 valence electrons. The Morgan fingerprint density at radius 2 is 1.35 bits per heavy atom. The molecule has 0 saturated heterocycles. The molecule has 0 aliphatic heterocycles. The minimum atomic E-state index is -5.00. The first-order valence-corrected chi connectivity index (χ1v) is 7.48. The summed E-state index contributed by atoms with van der Waals surface area (Å²) < 4.78 is 76.5. The van der Waals surface area contributed by atoms with E-state index in [2.05, 4.69) is 5.32 Å². The highest BCUT2D eigenvalue weighted by molar-refractivity contribution is 5.91. The molecular formula is C16H18F6N2O2. The van der Waals surface area contributed by atoms with Crippen LogP contribution in [0.2, 0.25) is 0 Å². The predicted octanol–water partition coefficient (Wildman–Crippen LogP) is 4.22. The Morgan fingerprint density at radius 3 is 1.73 bits per heavy atom. The van der Waals surface area contributed by atoms with Crippen LogP contribution < -0.4 is 10.6 Å². The van der Waals surface area contributed by atoms with Gasteiger partial charge < -0.3 is 10.6 Å². The van der Waals surface area contributed by atoms with Crippen molar-refractivity contribution in [2.45, 2.75) is 39.5 Å². The van der Waals surface area contributed by atoms with E-state index in [1.807, 2.05) is 5.32 Å². The average molecular weight is 384 g/mol. The third kappa shape index (κ3) is 6.57. The van der Waals surface area contributed by atoms with E-state index in [4.69, 9.17) is 0 Å². The average Bonchev–Trinajstić information content (AvgIpc) is 2.43. The molecule has 1 aromatic rings. The number of hydrogen-bond donors (Lipinski definition) is 2. The largest absolute Gasteiger partial charge is 0.416 e. The number of alkyl halides is 6. The quantitative estimate of drug-likeness (QED) is 0.764. The van der Waals surface area contributed by atoms with Gasteiger partial charge in [0, 0.05) is 24.1 Å². The fourth-order valence-corrected chi connectivity index (χ4v) is 1.81. The lowest BCUT2D eigenvalue weighted by atomic mass is 9.96. The van der Waals surface area contributed by atoms with E-state index >= 15 is 0 Å². The van der Waals surface area contributed by atoms with Crippen LogP contribution in [-0.4, -0.2) is 18.4 Å². The molecule has 26 heavy (non-hydrogen) atoms. The first-order valence-electron chi connectivity index (χ1n) is 7.48. The summed E-state index contributed by atoms with van der Waals surface area (Å²) in [6.45, 7) is 4.82. The van der Waals surface area contributed by atoms with E-state index in [9.17, 15) is 35.9 Å². The van der Waals surface area contributed by atoms with Gasteiger partial charge in [-0.2, -0.15) is 26.3 Å². The van der Waals surface area contributed by atoms with E-state index in [1.165, 1.54) is 0 Å². The number of carbonyl (C=O) groups excluding carboxylic acids is 2. The second-order valence-electron chi connectivity index (χ2n) is 6.60. The number of hydrogen-bond acceptors (Lipinski definition) is 2. The van der Waals surface area contributed by atoms with E-state index in [0.29, 0.717) is 12.1 Å². The summed E-state index contributed by atoms with van der Waals surface area (Å²) in [6, 6.07) is 0.807. The van der Waals surface area contributed by atoms with Crippen molar-refractivity contribution < 1.29 is 35.9 Å². The first-order chi connectivity index (χ1) is 11.6. The third-order valence-corrected chi connectivity index (χ3v) is 3.19. The zero-order chi connectivity index (χ0) is 20.3. The van der Waals surface area contributed by atoms with Gasteiger partial charge in [-0.15, -0.1) is 0 Å². The number of halogens is 6. The molecule has 1 rings (SSSR count). The lowest BCUT2D eigenvalue weighted by Crippen LogP contribution is -2.36. The Bertz CT molecular complexity index is 643. The molecule has 0 radical (unpaired) electrons. The Balaban J connectivity index is 2.85. The highest BCUT2D eigenvalue weighted by Crippen LogP contribution is 2.37. The maximum Gasteiger partial charge on any atom is 0.416 e. The fourth-order valence-electron chi connectivity index (χ4n) is 1.81. The molecule has 10 heteroatoms. The highest BCUT2D eigenvalue weighted by atomic mass is 19.4. The molecule has 2 amide bonds. The van der Waals surface area contributed by atoms with Crippen molar-refractivity contribution in [3.8, 4) is 0 Å². The molecule has 0 saturated carbocycles. The summed E-state index contributed by atoms with van der Waals surface area (Å²) in [4.78, 5) is 23.4.